The zero-order valence-corrected chi connectivity index (χ0v) is 20.1. The van der Waals surface area contributed by atoms with E-state index >= 15 is 0 Å². The van der Waals surface area contributed by atoms with Gasteiger partial charge < -0.3 is 15.2 Å². The van der Waals surface area contributed by atoms with E-state index in [2.05, 4.69) is 20.5 Å². The third kappa shape index (κ3) is 4.98. The number of nitrogens with zero attached hydrogens (tertiary/aromatic N) is 5. The molecule has 2 saturated heterocycles. The minimum absolute atomic E-state index is 0.0173. The Hall–Kier alpha value is -2.07. The molecule has 1 aromatic rings. The molecular formula is C24H38N6O4. The number of piperidine rings is 1. The van der Waals surface area contributed by atoms with E-state index in [9.17, 15) is 14.7 Å². The number of nitrogens with one attached hydrogen (secondary N) is 1. The van der Waals surface area contributed by atoms with E-state index in [4.69, 9.17) is 9.84 Å². The van der Waals surface area contributed by atoms with Crippen molar-refractivity contribution in [2.75, 3.05) is 26.2 Å². The monoisotopic (exact) mass is 474 g/mol. The Bertz CT molecular complexity index is 871. The average Bonchev–Trinajstić information content (AvgIpc) is 3.59. The van der Waals surface area contributed by atoms with E-state index in [1.165, 1.54) is 12.8 Å². The molecule has 2 N–H and O–H groups in total. The highest BCUT2D eigenvalue weighted by Gasteiger charge is 2.43. The van der Waals surface area contributed by atoms with Crippen molar-refractivity contribution in [3.05, 3.63) is 5.82 Å². The highest BCUT2D eigenvalue weighted by molar-refractivity contribution is 5.76. The Kier molecular flexibility index (Phi) is 7.15. The van der Waals surface area contributed by atoms with Crippen molar-refractivity contribution in [3.63, 3.8) is 0 Å². The van der Waals surface area contributed by atoms with Crippen molar-refractivity contribution >= 4 is 11.9 Å². The highest BCUT2D eigenvalue weighted by atomic mass is 16.5. The molecule has 2 aliphatic heterocycles. The summed E-state index contributed by atoms with van der Waals surface area (Å²) in [6.45, 7) is 4.57. The lowest BCUT2D eigenvalue weighted by Crippen LogP contribution is -2.50. The predicted molar refractivity (Wildman–Crippen MR) is 123 cm³/mol. The van der Waals surface area contributed by atoms with E-state index in [0.29, 0.717) is 49.7 Å². The van der Waals surface area contributed by atoms with E-state index < -0.39 is 12.0 Å². The predicted octanol–water partition coefficient (Wildman–Crippen LogP) is 1.99. The second-order valence-corrected chi connectivity index (χ2v) is 10.8. The van der Waals surface area contributed by atoms with Crippen LogP contribution < -0.4 is 5.32 Å². The maximum Gasteiger partial charge on any atom is 0.323 e. The highest BCUT2D eigenvalue weighted by Crippen LogP contribution is 2.40. The standard InChI is InChI=1S/C24H38N6O4/c1-2-34-24(33)21-11-19(30-27-22(26-28-30)16-5-3-4-6-16)14-29(21)13-15-7-8-17-12-25-20(23(31)32)10-18(17)9-15/h15-21,25H,2-14H2,1H3,(H,31,32)/t15-,17-,18+,19-,20-,21-/m0/s1. The number of aliphatic carboxylic acids is 1. The van der Waals surface area contributed by atoms with E-state index in [-0.39, 0.29) is 18.1 Å². The van der Waals surface area contributed by atoms with Gasteiger partial charge in [0.25, 0.3) is 0 Å². The molecule has 10 nitrogen and oxygen atoms in total. The van der Waals surface area contributed by atoms with E-state index in [1.54, 1.807) is 4.80 Å². The quantitative estimate of drug-likeness (QED) is 0.571. The molecule has 2 saturated carbocycles. The topological polar surface area (TPSA) is 122 Å². The van der Waals surface area contributed by atoms with Gasteiger partial charge in [0.15, 0.2) is 5.82 Å². The maximum absolute atomic E-state index is 12.8. The molecule has 0 radical (unpaired) electrons. The van der Waals surface area contributed by atoms with Gasteiger partial charge >= 0.3 is 11.9 Å². The van der Waals surface area contributed by atoms with E-state index in [0.717, 1.165) is 51.0 Å². The fourth-order valence-electron chi connectivity index (χ4n) is 6.82. The summed E-state index contributed by atoms with van der Waals surface area (Å²) in [4.78, 5) is 28.3. The first-order valence-electron chi connectivity index (χ1n) is 13.2. The SMILES string of the molecule is CCOC(=O)[C@@H]1C[C@H](n2nnc(C3CCCC3)n2)CN1C[C@H]1CC[C@H]2CN[C@H](C(=O)O)C[C@H]2C1. The molecule has 4 aliphatic rings. The van der Waals surface area contributed by atoms with Crippen LogP contribution in [-0.2, 0) is 14.3 Å². The number of tetrazole rings is 1. The summed E-state index contributed by atoms with van der Waals surface area (Å²) in [5.74, 6) is 1.81. The number of rotatable bonds is 7. The third-order valence-electron chi connectivity index (χ3n) is 8.63. The summed E-state index contributed by atoms with van der Waals surface area (Å²) in [5, 5.41) is 26.1. The molecule has 6 atom stereocenters. The van der Waals surface area contributed by atoms with Crippen molar-refractivity contribution in [2.45, 2.75) is 88.8 Å². The summed E-state index contributed by atoms with van der Waals surface area (Å²) >= 11 is 0. The number of ether oxygens (including phenoxy) is 1. The Morgan fingerprint density at radius 2 is 1.94 bits per heavy atom. The fraction of sp³-hybridized carbons (Fsp3) is 0.875. The minimum Gasteiger partial charge on any atom is -0.480 e. The molecule has 1 aromatic heterocycles. The van der Waals surface area contributed by atoms with Gasteiger partial charge in [-0.05, 0) is 81.4 Å². The lowest BCUT2D eigenvalue weighted by molar-refractivity contribution is -0.149. The van der Waals surface area contributed by atoms with Gasteiger partial charge in [0.05, 0.1) is 12.6 Å². The molecule has 5 rings (SSSR count). The van der Waals surface area contributed by atoms with Gasteiger partial charge in [-0.1, -0.05) is 12.8 Å². The number of hydrogen-bond acceptors (Lipinski definition) is 8. The number of likely N-dealkylation sites (tertiary alicyclic amines) is 1. The van der Waals surface area contributed by atoms with Gasteiger partial charge in [0.2, 0.25) is 0 Å². The van der Waals surface area contributed by atoms with Gasteiger partial charge in [-0.15, -0.1) is 10.2 Å². The van der Waals surface area contributed by atoms with Crippen molar-refractivity contribution < 1.29 is 19.4 Å². The van der Waals surface area contributed by atoms with Crippen LogP contribution in [0.5, 0.6) is 0 Å². The van der Waals surface area contributed by atoms with Gasteiger partial charge in [-0.2, -0.15) is 4.80 Å². The Labute approximate surface area is 200 Å². The Balaban J connectivity index is 1.25. The van der Waals surface area contributed by atoms with E-state index in [1.807, 2.05) is 6.92 Å². The van der Waals surface area contributed by atoms with Gasteiger partial charge in [0.1, 0.15) is 12.1 Å². The van der Waals surface area contributed by atoms with Gasteiger partial charge in [-0.3, -0.25) is 14.5 Å². The number of carbonyl (C=O) groups excluding carboxylic acids is 1. The molecular weight excluding hydrogens is 436 g/mol. The normalized spacial score (nSPS) is 34.7. The molecule has 188 valence electrons. The molecule has 0 spiro atoms. The lowest BCUT2D eigenvalue weighted by Gasteiger charge is -2.42. The third-order valence-corrected chi connectivity index (χ3v) is 8.63. The molecule has 4 fully saturated rings. The van der Waals surface area contributed by atoms with Crippen molar-refractivity contribution in [2.24, 2.45) is 17.8 Å². The molecule has 3 heterocycles. The number of carboxylic acids is 1. The molecule has 10 heteroatoms. The largest absolute Gasteiger partial charge is 0.480 e. The molecule has 2 aliphatic carbocycles. The summed E-state index contributed by atoms with van der Waals surface area (Å²) in [6, 6.07) is -0.706. The van der Waals surface area contributed by atoms with Crippen LogP contribution in [0.4, 0.5) is 0 Å². The number of carbonyl (C=O) groups is 2. The van der Waals surface area contributed by atoms with Crippen molar-refractivity contribution in [1.29, 1.82) is 0 Å². The number of carboxylic acid groups (broad SMARTS) is 1. The Morgan fingerprint density at radius 3 is 2.71 bits per heavy atom. The summed E-state index contributed by atoms with van der Waals surface area (Å²) in [6.07, 6.45) is 9.33. The first-order valence-corrected chi connectivity index (χ1v) is 13.2. The minimum atomic E-state index is -0.748. The zero-order valence-electron chi connectivity index (χ0n) is 20.1. The van der Waals surface area contributed by atoms with Crippen LogP contribution in [0.2, 0.25) is 0 Å². The number of fused-ring (bicyclic) bond motifs is 1. The second kappa shape index (κ2) is 10.3. The number of hydrogen-bond donors (Lipinski definition) is 2. The summed E-state index contributed by atoms with van der Waals surface area (Å²) < 4.78 is 5.42. The Morgan fingerprint density at radius 1 is 1.12 bits per heavy atom. The maximum atomic E-state index is 12.8. The van der Waals surface area contributed by atoms with Crippen LogP contribution in [0.15, 0.2) is 0 Å². The van der Waals surface area contributed by atoms with Gasteiger partial charge in [0, 0.05) is 19.0 Å². The van der Waals surface area contributed by atoms with Crippen LogP contribution in [0.3, 0.4) is 0 Å². The summed E-state index contributed by atoms with van der Waals surface area (Å²) in [7, 11) is 0. The van der Waals surface area contributed by atoms with Crippen LogP contribution in [-0.4, -0.2) is 80.5 Å². The summed E-state index contributed by atoms with van der Waals surface area (Å²) in [5.41, 5.74) is 0. The average molecular weight is 475 g/mol. The van der Waals surface area contributed by atoms with Crippen molar-refractivity contribution in [3.8, 4) is 0 Å². The second-order valence-electron chi connectivity index (χ2n) is 10.8. The first kappa shape index (κ1) is 23.7. The first-order chi connectivity index (χ1) is 16.5. The molecule has 0 bridgehead atoms. The zero-order chi connectivity index (χ0) is 23.7. The van der Waals surface area contributed by atoms with Crippen LogP contribution in [0.25, 0.3) is 0 Å². The molecule has 0 amide bonds. The van der Waals surface area contributed by atoms with Gasteiger partial charge in [-0.25, -0.2) is 0 Å². The van der Waals surface area contributed by atoms with Crippen molar-refractivity contribution in [1.82, 2.24) is 30.4 Å². The molecule has 34 heavy (non-hydrogen) atoms. The number of esters is 1. The fourth-order valence-corrected chi connectivity index (χ4v) is 6.82. The van der Waals surface area contributed by atoms with Crippen LogP contribution in [0, 0.1) is 17.8 Å². The molecule has 0 unspecified atom stereocenters. The smallest absolute Gasteiger partial charge is 0.323 e. The number of aromatic nitrogens is 4. The van der Waals surface area contributed by atoms with Crippen LogP contribution in [0.1, 0.15) is 82.5 Å². The lowest BCUT2D eigenvalue weighted by atomic mass is 9.69. The molecule has 0 aromatic carbocycles. The van der Waals surface area contributed by atoms with Crippen LogP contribution >= 0.6 is 0 Å².